The van der Waals surface area contributed by atoms with E-state index in [1.54, 1.807) is 25.1 Å². The van der Waals surface area contributed by atoms with Crippen LogP contribution >= 0.6 is 0 Å². The van der Waals surface area contributed by atoms with Gasteiger partial charge in [0.1, 0.15) is 5.82 Å². The van der Waals surface area contributed by atoms with Crippen molar-refractivity contribution in [2.24, 2.45) is 0 Å². The van der Waals surface area contributed by atoms with E-state index in [1.807, 2.05) is 0 Å². The van der Waals surface area contributed by atoms with Gasteiger partial charge in [-0.2, -0.15) is 5.10 Å². The molecule has 2 heterocycles. The Kier molecular flexibility index (Phi) is 3.21. The molecule has 1 N–H and O–H groups in total. The van der Waals surface area contributed by atoms with Crippen LogP contribution in [0.1, 0.15) is 23.0 Å². The average molecular weight is 297 g/mol. The zero-order valence-corrected chi connectivity index (χ0v) is 11.7. The van der Waals surface area contributed by atoms with Gasteiger partial charge in [0.25, 0.3) is 0 Å². The summed E-state index contributed by atoms with van der Waals surface area (Å²) in [7, 11) is 0. The average Bonchev–Trinajstić information content (AvgIpc) is 2.91. The van der Waals surface area contributed by atoms with Crippen LogP contribution in [0.3, 0.4) is 0 Å². The summed E-state index contributed by atoms with van der Waals surface area (Å²) in [6.45, 7) is 5.69. The zero-order valence-electron chi connectivity index (χ0n) is 11.7. The lowest BCUT2D eigenvalue weighted by Crippen LogP contribution is -1.98. The van der Waals surface area contributed by atoms with Crippen LogP contribution in [0.25, 0.3) is 22.5 Å². The number of carbonyl (C=O) groups is 1. The molecule has 0 spiro atoms. The first-order valence-electron chi connectivity index (χ1n) is 6.51. The molecule has 3 aromatic rings. The van der Waals surface area contributed by atoms with E-state index in [-0.39, 0.29) is 11.5 Å². The fraction of sp³-hybridized carbons (Fsp3) is 0.0625. The highest BCUT2D eigenvalue weighted by Crippen LogP contribution is 2.24. The summed E-state index contributed by atoms with van der Waals surface area (Å²) in [6.07, 6.45) is 1.34. The molecule has 0 unspecified atom stereocenters. The number of benzene rings is 1. The Morgan fingerprint density at radius 2 is 2.00 bits per heavy atom. The molecule has 0 amide bonds. The second-order valence-corrected chi connectivity index (χ2v) is 4.93. The summed E-state index contributed by atoms with van der Waals surface area (Å²) in [5.74, 6) is -1.46. The Balaban J connectivity index is 2.26. The van der Waals surface area contributed by atoms with Crippen molar-refractivity contribution in [3.8, 4) is 11.3 Å². The van der Waals surface area contributed by atoms with Gasteiger partial charge in [-0.05, 0) is 42.8 Å². The molecule has 0 aliphatic carbocycles. The van der Waals surface area contributed by atoms with E-state index < -0.39 is 5.97 Å². The van der Waals surface area contributed by atoms with Gasteiger partial charge >= 0.3 is 5.97 Å². The number of aromatic nitrogens is 3. The Hall–Kier alpha value is -3.02. The summed E-state index contributed by atoms with van der Waals surface area (Å²) in [6, 6.07) is 7.68. The van der Waals surface area contributed by atoms with Crippen LogP contribution in [0.15, 0.2) is 43.1 Å². The predicted molar refractivity (Wildman–Crippen MR) is 80.0 cm³/mol. The van der Waals surface area contributed by atoms with Gasteiger partial charge < -0.3 is 5.11 Å². The molecule has 3 rings (SSSR count). The Morgan fingerprint density at radius 3 is 2.59 bits per heavy atom. The number of carboxylic acid groups (broad SMARTS) is 1. The molecule has 2 aromatic heterocycles. The van der Waals surface area contributed by atoms with Crippen molar-refractivity contribution in [2.75, 3.05) is 0 Å². The zero-order chi connectivity index (χ0) is 15.9. The molecule has 0 saturated carbocycles. The minimum absolute atomic E-state index is 0.0914. The van der Waals surface area contributed by atoms with Gasteiger partial charge in [0, 0.05) is 11.1 Å². The molecular formula is C16H12FN3O2. The largest absolute Gasteiger partial charge is 0.476 e. The molecule has 0 radical (unpaired) electrons. The molecule has 0 saturated heterocycles. The summed E-state index contributed by atoms with van der Waals surface area (Å²) in [5, 5.41) is 13.4. The van der Waals surface area contributed by atoms with Crippen molar-refractivity contribution in [2.45, 2.75) is 6.92 Å². The monoisotopic (exact) mass is 297 g/mol. The summed E-state index contributed by atoms with van der Waals surface area (Å²) in [5.41, 5.74) is 3.07. The lowest BCUT2D eigenvalue weighted by molar-refractivity contribution is 0.0691. The lowest BCUT2D eigenvalue weighted by Gasteiger charge is -2.07. The minimum atomic E-state index is -1.12. The van der Waals surface area contributed by atoms with Gasteiger partial charge in [-0.3, -0.25) is 0 Å². The number of nitrogens with zero attached hydrogens (tertiary/aromatic N) is 3. The van der Waals surface area contributed by atoms with Crippen LogP contribution in [0, 0.1) is 5.82 Å². The Morgan fingerprint density at radius 1 is 1.32 bits per heavy atom. The van der Waals surface area contributed by atoms with Gasteiger partial charge in [-0.15, -0.1) is 0 Å². The highest BCUT2D eigenvalue weighted by Gasteiger charge is 2.15. The SMILES string of the molecule is C=C(C)c1cc(-c2ccc(F)cc2)nn2cc(C(=O)O)nc12. The fourth-order valence-corrected chi connectivity index (χ4v) is 2.16. The van der Waals surface area contributed by atoms with E-state index in [2.05, 4.69) is 16.7 Å². The molecule has 1 aromatic carbocycles. The smallest absolute Gasteiger partial charge is 0.356 e. The van der Waals surface area contributed by atoms with Crippen molar-refractivity contribution in [3.63, 3.8) is 0 Å². The van der Waals surface area contributed by atoms with Crippen LogP contribution in [0.5, 0.6) is 0 Å². The number of allylic oxidation sites excluding steroid dienone is 1. The Bertz CT molecular complexity index is 898. The molecule has 0 fully saturated rings. The van der Waals surface area contributed by atoms with E-state index in [1.165, 1.54) is 22.8 Å². The van der Waals surface area contributed by atoms with E-state index in [0.717, 1.165) is 11.1 Å². The number of carboxylic acids is 1. The molecule has 110 valence electrons. The number of rotatable bonds is 3. The third kappa shape index (κ3) is 2.35. The van der Waals surface area contributed by atoms with Crippen LogP contribution in [0.2, 0.25) is 0 Å². The molecular weight excluding hydrogens is 285 g/mol. The van der Waals surface area contributed by atoms with Crippen LogP contribution < -0.4 is 0 Å². The van der Waals surface area contributed by atoms with Gasteiger partial charge in [0.05, 0.1) is 11.9 Å². The molecule has 6 heteroatoms. The third-order valence-corrected chi connectivity index (χ3v) is 3.24. The molecule has 0 bridgehead atoms. The second kappa shape index (κ2) is 5.07. The molecule has 22 heavy (non-hydrogen) atoms. The van der Waals surface area contributed by atoms with Crippen molar-refractivity contribution < 1.29 is 14.3 Å². The van der Waals surface area contributed by atoms with Gasteiger partial charge in [-0.25, -0.2) is 18.7 Å². The highest BCUT2D eigenvalue weighted by atomic mass is 19.1. The standard InChI is InChI=1S/C16H12FN3O2/c1-9(2)12-7-13(10-3-5-11(17)6-4-10)19-20-8-14(16(21)22)18-15(12)20/h3-8H,1H2,2H3,(H,21,22). The van der Waals surface area contributed by atoms with Crippen LogP contribution in [0.4, 0.5) is 4.39 Å². The lowest BCUT2D eigenvalue weighted by atomic mass is 10.1. The number of aromatic carboxylic acids is 1. The first-order valence-corrected chi connectivity index (χ1v) is 6.51. The summed E-state index contributed by atoms with van der Waals surface area (Å²) >= 11 is 0. The normalized spacial score (nSPS) is 10.8. The first-order chi connectivity index (χ1) is 10.5. The number of fused-ring (bicyclic) bond motifs is 1. The topological polar surface area (TPSA) is 67.5 Å². The predicted octanol–water partition coefficient (Wildman–Crippen LogP) is 3.27. The van der Waals surface area contributed by atoms with Crippen molar-refractivity contribution in [3.05, 3.63) is 60.2 Å². The number of halogens is 1. The van der Waals surface area contributed by atoms with Gasteiger partial charge in [0.15, 0.2) is 11.3 Å². The van der Waals surface area contributed by atoms with Crippen molar-refractivity contribution in [1.82, 2.24) is 14.6 Å². The fourth-order valence-electron chi connectivity index (χ4n) is 2.16. The van der Waals surface area contributed by atoms with Gasteiger partial charge in [-0.1, -0.05) is 6.58 Å². The number of hydrogen-bond donors (Lipinski definition) is 1. The quantitative estimate of drug-likeness (QED) is 0.805. The van der Waals surface area contributed by atoms with E-state index in [0.29, 0.717) is 16.9 Å². The molecule has 0 atom stereocenters. The van der Waals surface area contributed by atoms with E-state index in [9.17, 15) is 9.18 Å². The second-order valence-electron chi connectivity index (χ2n) is 4.93. The van der Waals surface area contributed by atoms with Crippen molar-refractivity contribution in [1.29, 1.82) is 0 Å². The van der Waals surface area contributed by atoms with Crippen molar-refractivity contribution >= 4 is 17.2 Å². The van der Waals surface area contributed by atoms with E-state index in [4.69, 9.17) is 5.11 Å². The molecule has 5 nitrogen and oxygen atoms in total. The third-order valence-electron chi connectivity index (χ3n) is 3.24. The van der Waals surface area contributed by atoms with Crippen LogP contribution in [-0.2, 0) is 0 Å². The number of hydrogen-bond acceptors (Lipinski definition) is 3. The van der Waals surface area contributed by atoms with Gasteiger partial charge in [0.2, 0.25) is 0 Å². The minimum Gasteiger partial charge on any atom is -0.476 e. The highest BCUT2D eigenvalue weighted by molar-refractivity contribution is 5.87. The number of imidazole rings is 1. The maximum absolute atomic E-state index is 13.0. The summed E-state index contributed by atoms with van der Waals surface area (Å²) in [4.78, 5) is 15.1. The molecule has 0 aliphatic rings. The van der Waals surface area contributed by atoms with E-state index >= 15 is 0 Å². The first kappa shape index (κ1) is 13.9. The Labute approximate surface area is 125 Å². The van der Waals surface area contributed by atoms with Crippen LogP contribution in [-0.4, -0.2) is 25.7 Å². The maximum atomic E-state index is 13.0. The maximum Gasteiger partial charge on any atom is 0.356 e. The molecule has 0 aliphatic heterocycles. The summed E-state index contributed by atoms with van der Waals surface area (Å²) < 4.78 is 14.4.